The predicted octanol–water partition coefficient (Wildman–Crippen LogP) is 3.39. The fraction of sp³-hybridized carbons (Fsp3) is 0.615. The second-order valence-corrected chi connectivity index (χ2v) is 4.10. The Balaban J connectivity index is 2.36. The van der Waals surface area contributed by atoms with E-state index in [1.807, 2.05) is 19.1 Å². The first-order chi connectivity index (χ1) is 7.24. The summed E-state index contributed by atoms with van der Waals surface area (Å²) in [7, 11) is 0. The molecule has 0 spiro atoms. The van der Waals surface area contributed by atoms with Crippen molar-refractivity contribution in [3.63, 3.8) is 0 Å². The largest absolute Gasteiger partial charge is 0.388 e. The molecule has 0 amide bonds. The molecule has 2 heteroatoms. The fourth-order valence-electron chi connectivity index (χ4n) is 1.71. The number of unbranched alkanes of at least 4 members (excludes halogenated alkanes) is 3. The molecule has 0 aliphatic heterocycles. The molecule has 0 saturated carbocycles. The summed E-state index contributed by atoms with van der Waals surface area (Å²) in [5.41, 5.74) is 1.97. The third-order valence-electron chi connectivity index (χ3n) is 2.64. The van der Waals surface area contributed by atoms with Crippen molar-refractivity contribution in [1.82, 2.24) is 4.98 Å². The lowest BCUT2D eigenvalue weighted by Crippen LogP contribution is -1.98. The average Bonchev–Trinajstić information content (AvgIpc) is 2.24. The van der Waals surface area contributed by atoms with Gasteiger partial charge in [0.05, 0.1) is 6.10 Å². The van der Waals surface area contributed by atoms with Gasteiger partial charge in [-0.05, 0) is 31.0 Å². The van der Waals surface area contributed by atoms with E-state index in [-0.39, 0.29) is 6.10 Å². The first kappa shape index (κ1) is 12.2. The fourth-order valence-corrected chi connectivity index (χ4v) is 1.71. The summed E-state index contributed by atoms with van der Waals surface area (Å²) < 4.78 is 0. The molecule has 1 N–H and O–H groups in total. The summed E-state index contributed by atoms with van der Waals surface area (Å²) in [6.45, 7) is 4.15. The summed E-state index contributed by atoms with van der Waals surface area (Å²) in [5, 5.41) is 9.92. The molecule has 15 heavy (non-hydrogen) atoms. The molecular weight excluding hydrogens is 186 g/mol. The second-order valence-electron chi connectivity index (χ2n) is 4.10. The maximum absolute atomic E-state index is 9.92. The molecule has 2 nitrogen and oxygen atoms in total. The maximum atomic E-state index is 9.92. The van der Waals surface area contributed by atoms with Crippen LogP contribution >= 0.6 is 0 Å². The van der Waals surface area contributed by atoms with Gasteiger partial charge in [0.1, 0.15) is 0 Å². The van der Waals surface area contributed by atoms with Crippen LogP contribution in [0.25, 0.3) is 0 Å². The molecule has 0 aliphatic rings. The summed E-state index contributed by atoms with van der Waals surface area (Å²) in [6, 6.07) is 3.86. The average molecular weight is 207 g/mol. The van der Waals surface area contributed by atoms with Crippen LogP contribution in [0.3, 0.4) is 0 Å². The SMILES string of the molecule is CCCCCCC(O)c1ccnc(C)c1. The van der Waals surface area contributed by atoms with Crippen LogP contribution in [0, 0.1) is 6.92 Å². The minimum atomic E-state index is -0.316. The Kier molecular flexibility index (Phi) is 5.33. The van der Waals surface area contributed by atoms with E-state index in [1.165, 1.54) is 19.3 Å². The Morgan fingerprint density at radius 2 is 2.13 bits per heavy atom. The Bertz CT molecular complexity index is 286. The van der Waals surface area contributed by atoms with Gasteiger partial charge in [0, 0.05) is 11.9 Å². The number of hydrogen-bond donors (Lipinski definition) is 1. The monoisotopic (exact) mass is 207 g/mol. The number of aryl methyl sites for hydroxylation is 1. The molecule has 1 unspecified atom stereocenters. The number of aliphatic hydroxyl groups is 1. The normalized spacial score (nSPS) is 12.7. The second kappa shape index (κ2) is 6.57. The molecule has 0 aliphatic carbocycles. The van der Waals surface area contributed by atoms with Gasteiger partial charge in [0.25, 0.3) is 0 Å². The van der Waals surface area contributed by atoms with Crippen LogP contribution in [0.1, 0.15) is 56.4 Å². The Morgan fingerprint density at radius 1 is 1.33 bits per heavy atom. The van der Waals surface area contributed by atoms with E-state index in [9.17, 15) is 5.11 Å². The van der Waals surface area contributed by atoms with Crippen molar-refractivity contribution < 1.29 is 5.11 Å². The highest BCUT2D eigenvalue weighted by atomic mass is 16.3. The van der Waals surface area contributed by atoms with Crippen LogP contribution < -0.4 is 0 Å². The zero-order chi connectivity index (χ0) is 11.1. The molecule has 1 rings (SSSR count). The van der Waals surface area contributed by atoms with Crippen LogP contribution in [0.2, 0.25) is 0 Å². The number of aliphatic hydroxyl groups excluding tert-OH is 1. The van der Waals surface area contributed by atoms with Crippen LogP contribution in [0.15, 0.2) is 18.3 Å². The summed E-state index contributed by atoms with van der Waals surface area (Å²) in [5.74, 6) is 0. The summed E-state index contributed by atoms with van der Waals surface area (Å²) >= 11 is 0. The third kappa shape index (κ3) is 4.43. The summed E-state index contributed by atoms with van der Waals surface area (Å²) in [6.07, 6.45) is 7.15. The minimum absolute atomic E-state index is 0.316. The zero-order valence-electron chi connectivity index (χ0n) is 9.74. The van der Waals surface area contributed by atoms with E-state index in [2.05, 4.69) is 11.9 Å². The van der Waals surface area contributed by atoms with Crippen molar-refractivity contribution in [3.8, 4) is 0 Å². The Morgan fingerprint density at radius 3 is 2.80 bits per heavy atom. The molecule has 0 aromatic carbocycles. The zero-order valence-corrected chi connectivity index (χ0v) is 9.74. The molecular formula is C13H21NO. The highest BCUT2D eigenvalue weighted by Crippen LogP contribution is 2.19. The molecule has 1 aromatic rings. The minimum Gasteiger partial charge on any atom is -0.388 e. The van der Waals surface area contributed by atoms with Gasteiger partial charge in [-0.1, -0.05) is 32.6 Å². The van der Waals surface area contributed by atoms with Gasteiger partial charge in [0.15, 0.2) is 0 Å². The van der Waals surface area contributed by atoms with Gasteiger partial charge in [-0.25, -0.2) is 0 Å². The number of hydrogen-bond acceptors (Lipinski definition) is 2. The molecule has 1 aromatic heterocycles. The highest BCUT2D eigenvalue weighted by molar-refractivity contribution is 5.17. The van der Waals surface area contributed by atoms with Gasteiger partial charge in [-0.3, -0.25) is 4.98 Å². The number of nitrogens with zero attached hydrogens (tertiary/aromatic N) is 1. The maximum Gasteiger partial charge on any atom is 0.0791 e. The first-order valence-electron chi connectivity index (χ1n) is 5.84. The topological polar surface area (TPSA) is 33.1 Å². The lowest BCUT2D eigenvalue weighted by Gasteiger charge is -2.10. The lowest BCUT2D eigenvalue weighted by atomic mass is 10.0. The molecule has 0 fully saturated rings. The van der Waals surface area contributed by atoms with Gasteiger partial charge in [0.2, 0.25) is 0 Å². The number of rotatable bonds is 6. The van der Waals surface area contributed by atoms with Gasteiger partial charge < -0.3 is 5.11 Å². The van der Waals surface area contributed by atoms with Crippen molar-refractivity contribution in [3.05, 3.63) is 29.6 Å². The van der Waals surface area contributed by atoms with Gasteiger partial charge >= 0.3 is 0 Å². The standard InChI is InChI=1S/C13H21NO/c1-3-4-5-6-7-13(15)12-8-9-14-11(2)10-12/h8-10,13,15H,3-7H2,1-2H3. The Labute approximate surface area is 92.4 Å². The molecule has 84 valence electrons. The smallest absolute Gasteiger partial charge is 0.0791 e. The van der Waals surface area contributed by atoms with E-state index in [0.717, 1.165) is 24.1 Å². The van der Waals surface area contributed by atoms with Crippen molar-refractivity contribution in [2.24, 2.45) is 0 Å². The molecule has 0 saturated heterocycles. The van der Waals surface area contributed by atoms with Crippen molar-refractivity contribution >= 4 is 0 Å². The van der Waals surface area contributed by atoms with E-state index in [1.54, 1.807) is 6.20 Å². The molecule has 1 atom stereocenters. The van der Waals surface area contributed by atoms with Crippen LogP contribution in [-0.2, 0) is 0 Å². The molecule has 0 bridgehead atoms. The number of pyridine rings is 1. The van der Waals surface area contributed by atoms with Gasteiger partial charge in [-0.2, -0.15) is 0 Å². The van der Waals surface area contributed by atoms with E-state index in [4.69, 9.17) is 0 Å². The molecule has 0 radical (unpaired) electrons. The quantitative estimate of drug-likeness (QED) is 0.725. The van der Waals surface area contributed by atoms with E-state index >= 15 is 0 Å². The van der Waals surface area contributed by atoms with Crippen molar-refractivity contribution in [2.75, 3.05) is 0 Å². The third-order valence-corrected chi connectivity index (χ3v) is 2.64. The highest BCUT2D eigenvalue weighted by Gasteiger charge is 2.06. The van der Waals surface area contributed by atoms with E-state index in [0.29, 0.717) is 0 Å². The lowest BCUT2D eigenvalue weighted by molar-refractivity contribution is 0.163. The van der Waals surface area contributed by atoms with Crippen molar-refractivity contribution in [1.29, 1.82) is 0 Å². The number of aromatic nitrogens is 1. The van der Waals surface area contributed by atoms with Gasteiger partial charge in [-0.15, -0.1) is 0 Å². The summed E-state index contributed by atoms with van der Waals surface area (Å²) in [4.78, 5) is 4.12. The molecule has 1 heterocycles. The predicted molar refractivity (Wildman–Crippen MR) is 62.7 cm³/mol. The van der Waals surface area contributed by atoms with Crippen LogP contribution in [0.4, 0.5) is 0 Å². The first-order valence-corrected chi connectivity index (χ1v) is 5.84. The van der Waals surface area contributed by atoms with Crippen LogP contribution in [0.5, 0.6) is 0 Å². The van der Waals surface area contributed by atoms with Crippen molar-refractivity contribution in [2.45, 2.75) is 52.1 Å². The van der Waals surface area contributed by atoms with Crippen LogP contribution in [-0.4, -0.2) is 10.1 Å². The van der Waals surface area contributed by atoms with E-state index < -0.39 is 0 Å². The Hall–Kier alpha value is -0.890.